The highest BCUT2D eigenvalue weighted by atomic mass is 16.5. The lowest BCUT2D eigenvalue weighted by Crippen LogP contribution is -2.49. The summed E-state index contributed by atoms with van der Waals surface area (Å²) >= 11 is 0. The summed E-state index contributed by atoms with van der Waals surface area (Å²) in [6, 6.07) is 3.66. The average molecular weight is 360 g/mol. The van der Waals surface area contributed by atoms with E-state index in [2.05, 4.69) is 20.4 Å². The van der Waals surface area contributed by atoms with Gasteiger partial charge in [-0.05, 0) is 19.9 Å². The minimum atomic E-state index is -0.415. The van der Waals surface area contributed by atoms with Crippen molar-refractivity contribution in [2.75, 3.05) is 32.1 Å². The first kappa shape index (κ1) is 18.1. The first-order chi connectivity index (χ1) is 12.4. The van der Waals surface area contributed by atoms with Gasteiger partial charge in [-0.3, -0.25) is 0 Å². The molecule has 26 heavy (non-hydrogen) atoms. The minimum absolute atomic E-state index is 0.123. The van der Waals surface area contributed by atoms with Crippen LogP contribution >= 0.6 is 0 Å². The van der Waals surface area contributed by atoms with Gasteiger partial charge >= 0.3 is 6.03 Å². The van der Waals surface area contributed by atoms with E-state index in [9.17, 15) is 4.79 Å². The van der Waals surface area contributed by atoms with Crippen molar-refractivity contribution in [2.45, 2.75) is 32.6 Å². The van der Waals surface area contributed by atoms with Crippen LogP contribution in [0.1, 0.15) is 30.3 Å². The number of ether oxygens (including phenoxy) is 1. The van der Waals surface area contributed by atoms with Crippen LogP contribution in [0.5, 0.6) is 0 Å². The van der Waals surface area contributed by atoms with Gasteiger partial charge in [-0.2, -0.15) is 4.98 Å². The highest BCUT2D eigenvalue weighted by Crippen LogP contribution is 2.24. The maximum absolute atomic E-state index is 12.6. The van der Waals surface area contributed by atoms with Crippen molar-refractivity contribution in [1.29, 1.82) is 0 Å². The molecule has 2 aromatic heterocycles. The van der Waals surface area contributed by atoms with Gasteiger partial charge in [0.15, 0.2) is 11.9 Å². The third-order valence-corrected chi connectivity index (χ3v) is 4.09. The number of aromatic nitrogens is 3. The summed E-state index contributed by atoms with van der Waals surface area (Å²) < 4.78 is 11.0. The Kier molecular flexibility index (Phi) is 5.36. The molecule has 9 nitrogen and oxygen atoms in total. The van der Waals surface area contributed by atoms with Gasteiger partial charge in [-0.1, -0.05) is 11.2 Å². The highest BCUT2D eigenvalue weighted by molar-refractivity contribution is 5.74. The zero-order chi connectivity index (χ0) is 18.7. The molecular weight excluding hydrogens is 336 g/mol. The van der Waals surface area contributed by atoms with Crippen LogP contribution in [0.4, 0.5) is 10.6 Å². The zero-order valence-electron chi connectivity index (χ0n) is 15.5. The number of pyridine rings is 1. The molecule has 0 saturated carbocycles. The molecule has 2 aromatic rings. The fourth-order valence-corrected chi connectivity index (χ4v) is 2.95. The number of carbonyl (C=O) groups is 1. The average Bonchev–Trinajstić information content (AvgIpc) is 3.05. The number of nitrogens with zero attached hydrogens (tertiary/aromatic N) is 5. The van der Waals surface area contributed by atoms with Crippen molar-refractivity contribution in [3.8, 4) is 0 Å². The second kappa shape index (κ2) is 7.69. The normalized spacial score (nSPS) is 20.1. The number of hydrogen-bond acceptors (Lipinski definition) is 7. The molecule has 9 heteroatoms. The largest absolute Gasteiger partial charge is 0.362 e. The van der Waals surface area contributed by atoms with Gasteiger partial charge in [-0.15, -0.1) is 0 Å². The highest BCUT2D eigenvalue weighted by Gasteiger charge is 2.32. The molecule has 1 aliphatic rings. The number of hydrogen-bond donors (Lipinski definition) is 1. The van der Waals surface area contributed by atoms with E-state index in [0.717, 1.165) is 11.4 Å². The molecule has 2 amide bonds. The molecule has 0 bridgehead atoms. The van der Waals surface area contributed by atoms with Gasteiger partial charge in [0, 0.05) is 38.9 Å². The van der Waals surface area contributed by atoms with Crippen LogP contribution in [0, 0.1) is 6.92 Å². The van der Waals surface area contributed by atoms with Crippen LogP contribution in [-0.2, 0) is 11.3 Å². The van der Waals surface area contributed by atoms with Gasteiger partial charge in [0.1, 0.15) is 5.82 Å². The summed E-state index contributed by atoms with van der Waals surface area (Å²) in [6.07, 6.45) is 1.20. The van der Waals surface area contributed by atoms with Gasteiger partial charge in [-0.25, -0.2) is 9.78 Å². The molecule has 1 fully saturated rings. The number of rotatable bonds is 4. The van der Waals surface area contributed by atoms with Crippen LogP contribution in [0.2, 0.25) is 0 Å². The summed E-state index contributed by atoms with van der Waals surface area (Å²) in [5.74, 6) is 1.78. The predicted molar refractivity (Wildman–Crippen MR) is 94.7 cm³/mol. The smallest absolute Gasteiger partial charge is 0.317 e. The van der Waals surface area contributed by atoms with E-state index < -0.39 is 6.10 Å². The van der Waals surface area contributed by atoms with Crippen LogP contribution in [0.25, 0.3) is 0 Å². The SMILES string of the molecule is Cc1noc([C@H]2CN(C(=O)NCc3cccnc3N(C)C)C[C@@H](C)O2)n1. The van der Waals surface area contributed by atoms with E-state index in [4.69, 9.17) is 9.26 Å². The Hall–Kier alpha value is -2.68. The van der Waals surface area contributed by atoms with E-state index >= 15 is 0 Å². The third-order valence-electron chi connectivity index (χ3n) is 4.09. The van der Waals surface area contributed by atoms with Crippen molar-refractivity contribution in [1.82, 2.24) is 25.3 Å². The van der Waals surface area contributed by atoms with Gasteiger partial charge in [0.25, 0.3) is 5.89 Å². The topological polar surface area (TPSA) is 96.6 Å². The molecular formula is C17H24N6O3. The van der Waals surface area contributed by atoms with E-state index in [1.54, 1.807) is 18.0 Å². The Morgan fingerprint density at radius 1 is 1.42 bits per heavy atom. The molecule has 1 aliphatic heterocycles. The Balaban J connectivity index is 1.64. The van der Waals surface area contributed by atoms with Gasteiger partial charge < -0.3 is 24.4 Å². The molecule has 0 radical (unpaired) electrons. The first-order valence-corrected chi connectivity index (χ1v) is 8.53. The molecule has 1 N–H and O–H groups in total. The molecule has 140 valence electrons. The summed E-state index contributed by atoms with van der Waals surface area (Å²) in [4.78, 5) is 24.8. The molecule has 0 aromatic carbocycles. The monoisotopic (exact) mass is 360 g/mol. The molecule has 0 spiro atoms. The lowest BCUT2D eigenvalue weighted by molar-refractivity contribution is -0.0782. The van der Waals surface area contributed by atoms with Crippen LogP contribution in [-0.4, -0.2) is 59.3 Å². The van der Waals surface area contributed by atoms with Crippen molar-refractivity contribution < 1.29 is 14.1 Å². The fraction of sp³-hybridized carbons (Fsp3) is 0.529. The molecule has 0 unspecified atom stereocenters. The second-order valence-electron chi connectivity index (χ2n) is 6.56. The number of aryl methyl sites for hydroxylation is 1. The van der Waals surface area contributed by atoms with Crippen LogP contribution < -0.4 is 10.2 Å². The van der Waals surface area contributed by atoms with Crippen molar-refractivity contribution in [3.05, 3.63) is 35.6 Å². The lowest BCUT2D eigenvalue weighted by Gasteiger charge is -2.35. The predicted octanol–water partition coefficient (Wildman–Crippen LogP) is 1.51. The molecule has 3 rings (SSSR count). The lowest BCUT2D eigenvalue weighted by atomic mass is 10.2. The Bertz CT molecular complexity index is 762. The first-order valence-electron chi connectivity index (χ1n) is 8.53. The molecule has 3 heterocycles. The Morgan fingerprint density at radius 2 is 2.23 bits per heavy atom. The zero-order valence-corrected chi connectivity index (χ0v) is 15.5. The Labute approximate surface area is 152 Å². The van der Waals surface area contributed by atoms with Gasteiger partial charge in [0.2, 0.25) is 0 Å². The summed E-state index contributed by atoms with van der Waals surface area (Å²) in [5.41, 5.74) is 0.955. The summed E-state index contributed by atoms with van der Waals surface area (Å²) in [5, 5.41) is 6.75. The van der Waals surface area contributed by atoms with Crippen LogP contribution in [0.3, 0.4) is 0 Å². The van der Waals surface area contributed by atoms with E-state index in [0.29, 0.717) is 31.3 Å². The quantitative estimate of drug-likeness (QED) is 0.883. The van der Waals surface area contributed by atoms with E-state index in [1.807, 2.05) is 38.1 Å². The summed E-state index contributed by atoms with van der Waals surface area (Å²) in [6.45, 7) is 4.94. The fourth-order valence-electron chi connectivity index (χ4n) is 2.95. The molecule has 2 atom stereocenters. The van der Waals surface area contributed by atoms with Crippen LogP contribution in [0.15, 0.2) is 22.9 Å². The molecule has 1 saturated heterocycles. The number of nitrogens with one attached hydrogen (secondary N) is 1. The number of urea groups is 1. The maximum atomic E-state index is 12.6. The number of anilines is 1. The second-order valence-corrected chi connectivity index (χ2v) is 6.56. The minimum Gasteiger partial charge on any atom is -0.362 e. The number of morpholine rings is 1. The molecule has 0 aliphatic carbocycles. The van der Waals surface area contributed by atoms with Gasteiger partial charge in [0.05, 0.1) is 12.6 Å². The van der Waals surface area contributed by atoms with Crippen molar-refractivity contribution in [3.63, 3.8) is 0 Å². The Morgan fingerprint density at radius 3 is 2.92 bits per heavy atom. The number of amides is 2. The summed E-state index contributed by atoms with van der Waals surface area (Å²) in [7, 11) is 3.85. The maximum Gasteiger partial charge on any atom is 0.317 e. The van der Waals surface area contributed by atoms with E-state index in [1.165, 1.54) is 0 Å². The van der Waals surface area contributed by atoms with E-state index in [-0.39, 0.29) is 12.1 Å². The van der Waals surface area contributed by atoms with Crippen molar-refractivity contribution in [2.24, 2.45) is 0 Å². The van der Waals surface area contributed by atoms with Crippen molar-refractivity contribution >= 4 is 11.8 Å². The third kappa shape index (κ3) is 4.10. The number of carbonyl (C=O) groups excluding carboxylic acids is 1. The standard InChI is InChI=1S/C17H24N6O3/c1-11-9-23(10-14(25-11)16-20-12(2)21-26-16)17(24)19-8-13-6-5-7-18-15(13)22(3)4/h5-7,11,14H,8-10H2,1-4H3,(H,19,24)/t11-,14-/m1/s1.